The summed E-state index contributed by atoms with van der Waals surface area (Å²) in [5.41, 5.74) is 3.54. The fourth-order valence-corrected chi connectivity index (χ4v) is 1.37. The van der Waals surface area contributed by atoms with Crippen LogP contribution in [0.4, 0.5) is 11.9 Å². The van der Waals surface area contributed by atoms with E-state index in [1.165, 1.54) is 0 Å². The molecule has 0 aliphatic carbocycles. The smallest absolute Gasteiger partial charge is 0.328 e. The van der Waals surface area contributed by atoms with Gasteiger partial charge in [0.2, 0.25) is 11.9 Å². The summed E-state index contributed by atoms with van der Waals surface area (Å²) in [6.07, 6.45) is 0. The molecule has 0 atom stereocenters. The second-order valence-corrected chi connectivity index (χ2v) is 4.20. The monoisotopic (exact) mass is 260 g/mol. The third-order valence-electron chi connectivity index (χ3n) is 2.36. The number of aryl methyl sites for hydroxylation is 1. The van der Waals surface area contributed by atoms with Crippen LogP contribution in [0.15, 0.2) is 24.3 Å². The number of nitrogens with two attached hydrogens (primary N) is 1. The van der Waals surface area contributed by atoms with Crippen molar-refractivity contribution in [2.75, 3.05) is 24.4 Å². The Morgan fingerprint density at radius 2 is 1.79 bits per heavy atom. The maximum Gasteiger partial charge on any atom is 0.328 e. The van der Waals surface area contributed by atoms with Gasteiger partial charge in [-0.2, -0.15) is 15.0 Å². The highest BCUT2D eigenvalue weighted by Crippen LogP contribution is 2.20. The molecule has 3 N–H and O–H groups in total. The van der Waals surface area contributed by atoms with E-state index in [-0.39, 0.29) is 12.0 Å². The van der Waals surface area contributed by atoms with Crippen molar-refractivity contribution in [3.05, 3.63) is 29.8 Å². The van der Waals surface area contributed by atoms with Gasteiger partial charge in [-0.1, -0.05) is 17.7 Å². The summed E-state index contributed by atoms with van der Waals surface area (Å²) in [7, 11) is 3.65. The molecule has 7 nitrogen and oxygen atoms in total. The predicted molar refractivity (Wildman–Crippen MR) is 73.2 cm³/mol. The van der Waals surface area contributed by atoms with E-state index in [1.54, 1.807) is 4.90 Å². The van der Waals surface area contributed by atoms with Crippen LogP contribution in [0.2, 0.25) is 0 Å². The maximum atomic E-state index is 5.58. The Bertz CT molecular complexity index is 555. The first-order chi connectivity index (χ1) is 9.08. The van der Waals surface area contributed by atoms with Gasteiger partial charge in [-0.05, 0) is 19.1 Å². The number of nitrogens with one attached hydrogen (secondary N) is 1. The van der Waals surface area contributed by atoms with Crippen molar-refractivity contribution >= 4 is 11.9 Å². The lowest BCUT2D eigenvalue weighted by molar-refractivity contribution is 0.440. The average Bonchev–Trinajstić information content (AvgIpc) is 2.41. The van der Waals surface area contributed by atoms with Crippen molar-refractivity contribution in [3.63, 3.8) is 0 Å². The summed E-state index contributed by atoms with van der Waals surface area (Å²) in [5.74, 6) is 6.69. The highest BCUT2D eigenvalue weighted by Gasteiger charge is 2.09. The van der Waals surface area contributed by atoms with Crippen LogP contribution in [0, 0.1) is 6.92 Å². The molecule has 0 bridgehead atoms. The zero-order chi connectivity index (χ0) is 13.8. The van der Waals surface area contributed by atoms with Gasteiger partial charge in [-0.15, -0.1) is 0 Å². The average molecular weight is 260 g/mol. The van der Waals surface area contributed by atoms with Crippen molar-refractivity contribution in [1.29, 1.82) is 0 Å². The Hall–Kier alpha value is -2.41. The predicted octanol–water partition coefficient (Wildman–Crippen LogP) is 1.32. The molecule has 0 aliphatic rings. The molecule has 1 aromatic heterocycles. The van der Waals surface area contributed by atoms with Gasteiger partial charge in [0.05, 0.1) is 0 Å². The molecular weight excluding hydrogens is 244 g/mol. The van der Waals surface area contributed by atoms with Crippen LogP contribution >= 0.6 is 0 Å². The number of nitrogen functional groups attached to an aromatic ring is 1. The van der Waals surface area contributed by atoms with Crippen LogP contribution in [0.1, 0.15) is 5.56 Å². The zero-order valence-electron chi connectivity index (χ0n) is 11.1. The molecule has 0 saturated heterocycles. The topological polar surface area (TPSA) is 89.2 Å². The molecule has 2 rings (SSSR count). The molecule has 1 heterocycles. The number of hydrazine groups is 1. The SMILES string of the molecule is Cc1ccc(Oc2nc(NN)nc(N(C)C)n2)cc1. The number of benzene rings is 1. The van der Waals surface area contributed by atoms with E-state index >= 15 is 0 Å². The van der Waals surface area contributed by atoms with Gasteiger partial charge >= 0.3 is 6.01 Å². The number of nitrogens with zero attached hydrogens (tertiary/aromatic N) is 4. The van der Waals surface area contributed by atoms with Gasteiger partial charge in [0.1, 0.15) is 5.75 Å². The molecule has 0 spiro atoms. The van der Waals surface area contributed by atoms with Crippen LogP contribution in [0.25, 0.3) is 0 Å². The third kappa shape index (κ3) is 3.29. The number of rotatable bonds is 4. The van der Waals surface area contributed by atoms with E-state index in [1.807, 2.05) is 45.3 Å². The molecule has 2 aromatic rings. The number of hydrogen-bond donors (Lipinski definition) is 2. The van der Waals surface area contributed by atoms with Gasteiger partial charge in [0.25, 0.3) is 0 Å². The van der Waals surface area contributed by atoms with Gasteiger partial charge in [0.15, 0.2) is 0 Å². The summed E-state index contributed by atoms with van der Waals surface area (Å²) in [6, 6.07) is 7.79. The molecule has 1 aromatic carbocycles. The van der Waals surface area contributed by atoms with E-state index < -0.39 is 0 Å². The first kappa shape index (κ1) is 13.0. The van der Waals surface area contributed by atoms with E-state index in [0.717, 1.165) is 5.56 Å². The molecule has 0 unspecified atom stereocenters. The number of aromatic nitrogens is 3. The summed E-state index contributed by atoms with van der Waals surface area (Å²) in [6.45, 7) is 2.01. The molecule has 100 valence electrons. The van der Waals surface area contributed by atoms with E-state index in [9.17, 15) is 0 Å². The van der Waals surface area contributed by atoms with Crippen molar-refractivity contribution in [2.24, 2.45) is 5.84 Å². The molecule has 0 saturated carbocycles. The highest BCUT2D eigenvalue weighted by molar-refractivity contribution is 5.37. The van der Waals surface area contributed by atoms with Crippen molar-refractivity contribution < 1.29 is 4.74 Å². The normalized spacial score (nSPS) is 10.1. The van der Waals surface area contributed by atoms with Gasteiger partial charge in [0, 0.05) is 14.1 Å². The number of hydrogen-bond acceptors (Lipinski definition) is 7. The standard InChI is InChI=1S/C12H16N6O/c1-8-4-6-9(7-5-8)19-12-15-10(17-13)14-11(16-12)18(2)3/h4-7H,13H2,1-3H3,(H,14,15,16,17). The lowest BCUT2D eigenvalue weighted by atomic mass is 10.2. The van der Waals surface area contributed by atoms with Crippen LogP contribution in [0.3, 0.4) is 0 Å². The van der Waals surface area contributed by atoms with Gasteiger partial charge < -0.3 is 9.64 Å². The minimum absolute atomic E-state index is 0.190. The molecule has 19 heavy (non-hydrogen) atoms. The Morgan fingerprint density at radius 1 is 1.11 bits per heavy atom. The fourth-order valence-electron chi connectivity index (χ4n) is 1.37. The lowest BCUT2D eigenvalue weighted by Gasteiger charge is -2.12. The first-order valence-electron chi connectivity index (χ1n) is 5.73. The Balaban J connectivity index is 2.28. The minimum Gasteiger partial charge on any atom is -0.424 e. The third-order valence-corrected chi connectivity index (χ3v) is 2.36. The van der Waals surface area contributed by atoms with Crippen LogP contribution in [-0.4, -0.2) is 29.0 Å². The summed E-state index contributed by atoms with van der Waals surface area (Å²) in [5, 5.41) is 0. The lowest BCUT2D eigenvalue weighted by Crippen LogP contribution is -2.17. The Labute approximate surface area is 111 Å². The second kappa shape index (κ2) is 5.49. The Kier molecular flexibility index (Phi) is 3.76. The number of anilines is 2. The van der Waals surface area contributed by atoms with Crippen LogP contribution < -0.4 is 20.9 Å². The van der Waals surface area contributed by atoms with Crippen LogP contribution in [0.5, 0.6) is 11.8 Å². The first-order valence-corrected chi connectivity index (χ1v) is 5.73. The molecule has 7 heteroatoms. The maximum absolute atomic E-state index is 5.58. The number of ether oxygens (including phenoxy) is 1. The molecule has 0 fully saturated rings. The molecule has 0 amide bonds. The largest absolute Gasteiger partial charge is 0.424 e. The fraction of sp³-hybridized carbons (Fsp3) is 0.250. The van der Waals surface area contributed by atoms with Crippen molar-refractivity contribution in [3.8, 4) is 11.8 Å². The highest BCUT2D eigenvalue weighted by atomic mass is 16.5. The van der Waals surface area contributed by atoms with E-state index in [2.05, 4.69) is 20.4 Å². The van der Waals surface area contributed by atoms with Crippen molar-refractivity contribution in [1.82, 2.24) is 15.0 Å². The summed E-state index contributed by atoms with van der Waals surface area (Å²) in [4.78, 5) is 14.1. The zero-order valence-corrected chi connectivity index (χ0v) is 11.1. The quantitative estimate of drug-likeness (QED) is 0.633. The van der Waals surface area contributed by atoms with Crippen molar-refractivity contribution in [2.45, 2.75) is 6.92 Å². The Morgan fingerprint density at radius 3 is 2.37 bits per heavy atom. The second-order valence-electron chi connectivity index (χ2n) is 4.20. The van der Waals surface area contributed by atoms with E-state index in [4.69, 9.17) is 10.6 Å². The van der Waals surface area contributed by atoms with Gasteiger partial charge in [-0.25, -0.2) is 5.84 Å². The molecule has 0 aliphatic heterocycles. The van der Waals surface area contributed by atoms with E-state index in [0.29, 0.717) is 11.7 Å². The van der Waals surface area contributed by atoms with Gasteiger partial charge in [-0.3, -0.25) is 5.43 Å². The summed E-state index contributed by atoms with van der Waals surface area (Å²) >= 11 is 0. The van der Waals surface area contributed by atoms with Crippen LogP contribution in [-0.2, 0) is 0 Å². The molecule has 0 radical (unpaired) electrons. The molecular formula is C12H16N6O. The minimum atomic E-state index is 0.190. The summed E-state index contributed by atoms with van der Waals surface area (Å²) < 4.78 is 5.58.